The Bertz CT molecular complexity index is 1550. The van der Waals surface area contributed by atoms with Gasteiger partial charge in [-0.05, 0) is 58.4 Å². The number of carbonyl (C=O) groups is 2. The Morgan fingerprint density at radius 1 is 0.723 bits per heavy atom. The SMILES string of the molecule is CB(O)N(C)CCNc1cc(C)nc(NC(=O)Nc2ccccc2)n1.CCCCNc1cc(C)nc(NC(=O)Nc2ccccc2)n1. The van der Waals surface area contributed by atoms with Crippen molar-refractivity contribution >= 4 is 54.0 Å². The molecule has 4 amide bonds. The molecule has 248 valence electrons. The van der Waals surface area contributed by atoms with Crippen molar-refractivity contribution in [2.24, 2.45) is 0 Å². The zero-order chi connectivity index (χ0) is 34.0. The van der Waals surface area contributed by atoms with Crippen molar-refractivity contribution < 1.29 is 14.6 Å². The number of nitrogens with one attached hydrogen (secondary N) is 6. The van der Waals surface area contributed by atoms with Crippen molar-refractivity contribution in [1.29, 1.82) is 0 Å². The highest BCUT2D eigenvalue weighted by atomic mass is 16.2. The van der Waals surface area contributed by atoms with Crippen molar-refractivity contribution in [3.8, 4) is 0 Å². The van der Waals surface area contributed by atoms with Gasteiger partial charge in [-0.15, -0.1) is 0 Å². The Kier molecular flexibility index (Phi) is 14.9. The Morgan fingerprint density at radius 3 is 1.60 bits per heavy atom. The summed E-state index contributed by atoms with van der Waals surface area (Å²) in [5.74, 6) is 1.84. The van der Waals surface area contributed by atoms with Crippen LogP contribution in [0.25, 0.3) is 0 Å². The molecule has 0 saturated heterocycles. The zero-order valence-corrected chi connectivity index (χ0v) is 27.5. The standard InChI is InChI=1S/C16H23BN6O2.C16H21N5O/c1-12-11-14(18-9-10-23(3)17(2)25)21-15(19-12)22-16(24)20-13-7-5-4-6-8-13;1-3-4-10-17-14-11-12(2)18-15(20-14)21-16(22)19-13-8-6-5-7-9-13/h4-8,11,25H,9-10H2,1-3H3,(H3,18,19,20,21,22,24);5-9,11H,3-4,10H2,1-2H3,(H3,17,18,19,20,21,22). The third-order valence-electron chi connectivity index (χ3n) is 6.47. The molecule has 47 heavy (non-hydrogen) atoms. The molecule has 0 atom stereocenters. The fraction of sp³-hybridized carbons (Fsp3) is 0.312. The predicted octanol–water partition coefficient (Wildman–Crippen LogP) is 5.52. The maximum absolute atomic E-state index is 12.0. The van der Waals surface area contributed by atoms with E-state index in [0.717, 1.165) is 36.6 Å². The Morgan fingerprint density at radius 2 is 1.17 bits per heavy atom. The van der Waals surface area contributed by atoms with Crippen LogP contribution < -0.4 is 31.9 Å². The Labute approximate surface area is 276 Å². The molecular formula is C32H44BN11O3. The highest BCUT2D eigenvalue weighted by Gasteiger charge is 2.11. The third kappa shape index (κ3) is 14.1. The van der Waals surface area contributed by atoms with Crippen molar-refractivity contribution in [3.63, 3.8) is 0 Å². The van der Waals surface area contributed by atoms with Crippen LogP contribution in [0.5, 0.6) is 0 Å². The Balaban J connectivity index is 0.000000257. The molecule has 15 heteroatoms. The molecule has 2 aromatic carbocycles. The van der Waals surface area contributed by atoms with Crippen molar-refractivity contribution in [2.45, 2.75) is 40.4 Å². The average molecular weight is 642 g/mol. The molecule has 0 saturated carbocycles. The van der Waals surface area contributed by atoms with Crippen LogP contribution in [0.2, 0.25) is 6.82 Å². The highest BCUT2D eigenvalue weighted by molar-refractivity contribution is 6.45. The molecule has 0 fully saturated rings. The fourth-order valence-corrected chi connectivity index (χ4v) is 3.94. The number of para-hydroxylation sites is 2. The number of anilines is 6. The van der Waals surface area contributed by atoms with Crippen LogP contribution in [-0.2, 0) is 0 Å². The van der Waals surface area contributed by atoms with Gasteiger partial charge in [-0.2, -0.15) is 9.97 Å². The van der Waals surface area contributed by atoms with Crippen molar-refractivity contribution in [1.82, 2.24) is 24.7 Å². The first-order valence-electron chi connectivity index (χ1n) is 15.4. The van der Waals surface area contributed by atoms with Gasteiger partial charge in [-0.25, -0.2) is 19.6 Å². The van der Waals surface area contributed by atoms with E-state index in [1.165, 1.54) is 0 Å². The number of carbonyl (C=O) groups excluding carboxylic acids is 2. The quantitative estimate of drug-likeness (QED) is 0.0725. The minimum Gasteiger partial charge on any atom is -0.437 e. The summed E-state index contributed by atoms with van der Waals surface area (Å²) in [6, 6.07) is 21.2. The predicted molar refractivity (Wildman–Crippen MR) is 190 cm³/mol. The van der Waals surface area contributed by atoms with E-state index in [0.29, 0.717) is 30.3 Å². The summed E-state index contributed by atoms with van der Waals surface area (Å²) in [6.07, 6.45) is 2.18. The maximum atomic E-state index is 12.0. The van der Waals surface area contributed by atoms with E-state index in [-0.39, 0.29) is 17.9 Å². The molecule has 7 N–H and O–H groups in total. The molecule has 0 spiro atoms. The van der Waals surface area contributed by atoms with Crippen molar-refractivity contribution in [3.05, 3.63) is 84.2 Å². The minimum atomic E-state index is -0.507. The number of likely N-dealkylation sites (N-methyl/N-ethyl adjacent to an activating group) is 1. The summed E-state index contributed by atoms with van der Waals surface area (Å²) < 4.78 is 0. The number of aromatic nitrogens is 4. The van der Waals surface area contributed by atoms with Crippen LogP contribution in [0.15, 0.2) is 72.8 Å². The van der Waals surface area contributed by atoms with Gasteiger partial charge in [0, 0.05) is 54.5 Å². The second-order valence-corrected chi connectivity index (χ2v) is 10.6. The molecular weight excluding hydrogens is 597 g/mol. The monoisotopic (exact) mass is 641 g/mol. The number of unbranched alkanes of at least 4 members (excludes halogenated alkanes) is 1. The van der Waals surface area contributed by atoms with E-state index in [2.05, 4.69) is 58.8 Å². The fourth-order valence-electron chi connectivity index (χ4n) is 3.94. The molecule has 0 aliphatic carbocycles. The van der Waals surface area contributed by atoms with E-state index in [1.807, 2.05) is 75.5 Å². The van der Waals surface area contributed by atoms with Crippen LogP contribution in [-0.4, -0.2) is 75.6 Å². The topological polar surface area (TPSA) is 181 Å². The minimum absolute atomic E-state index is 0.222. The van der Waals surface area contributed by atoms with Crippen LogP contribution in [0.4, 0.5) is 44.5 Å². The van der Waals surface area contributed by atoms with Gasteiger partial charge in [0.05, 0.1) is 0 Å². The first-order valence-corrected chi connectivity index (χ1v) is 15.4. The summed E-state index contributed by atoms with van der Waals surface area (Å²) in [4.78, 5) is 42.8. The second kappa shape index (κ2) is 19.3. The van der Waals surface area contributed by atoms with E-state index < -0.39 is 13.1 Å². The molecule has 2 aromatic heterocycles. The number of rotatable bonds is 13. The first kappa shape index (κ1) is 36.2. The number of hydrogen-bond acceptors (Lipinski definition) is 10. The van der Waals surface area contributed by atoms with Gasteiger partial charge >= 0.3 is 19.1 Å². The molecule has 2 heterocycles. The van der Waals surface area contributed by atoms with E-state index in [9.17, 15) is 14.6 Å². The number of hydrogen-bond donors (Lipinski definition) is 7. The van der Waals surface area contributed by atoms with Gasteiger partial charge in [0.1, 0.15) is 11.6 Å². The summed E-state index contributed by atoms with van der Waals surface area (Å²) in [6.45, 7) is 9.64. The lowest BCUT2D eigenvalue weighted by Gasteiger charge is -2.17. The average Bonchev–Trinajstić information content (AvgIpc) is 3.02. The third-order valence-corrected chi connectivity index (χ3v) is 6.47. The van der Waals surface area contributed by atoms with Crippen LogP contribution in [0, 0.1) is 13.8 Å². The van der Waals surface area contributed by atoms with Crippen LogP contribution in [0.1, 0.15) is 31.2 Å². The molecule has 0 aliphatic heterocycles. The number of amides is 4. The molecule has 0 radical (unpaired) electrons. The lowest BCUT2D eigenvalue weighted by Crippen LogP contribution is -2.36. The maximum Gasteiger partial charge on any atom is 0.376 e. The Hall–Kier alpha value is -5.28. The van der Waals surface area contributed by atoms with Crippen molar-refractivity contribution in [2.75, 3.05) is 58.6 Å². The highest BCUT2D eigenvalue weighted by Crippen LogP contribution is 2.12. The summed E-state index contributed by atoms with van der Waals surface area (Å²) >= 11 is 0. The number of aryl methyl sites for hydroxylation is 2. The number of urea groups is 2. The van der Waals surface area contributed by atoms with Gasteiger partial charge in [0.25, 0.3) is 0 Å². The summed E-state index contributed by atoms with van der Waals surface area (Å²) in [5.41, 5.74) is 2.93. The van der Waals surface area contributed by atoms with E-state index in [1.54, 1.807) is 29.8 Å². The largest absolute Gasteiger partial charge is 0.437 e. The smallest absolute Gasteiger partial charge is 0.376 e. The first-order chi connectivity index (χ1) is 22.6. The molecule has 14 nitrogen and oxygen atoms in total. The summed E-state index contributed by atoms with van der Waals surface area (Å²) in [5, 5.41) is 26.6. The second-order valence-electron chi connectivity index (χ2n) is 10.6. The lowest BCUT2D eigenvalue weighted by molar-refractivity contribution is 0.261. The number of nitrogens with zero attached hydrogens (tertiary/aromatic N) is 5. The van der Waals surface area contributed by atoms with E-state index >= 15 is 0 Å². The lowest BCUT2D eigenvalue weighted by atomic mass is 9.86. The van der Waals surface area contributed by atoms with Gasteiger partial charge in [-0.1, -0.05) is 49.7 Å². The number of benzene rings is 2. The molecule has 4 rings (SSSR count). The van der Waals surface area contributed by atoms with Gasteiger partial charge in [0.15, 0.2) is 0 Å². The molecule has 0 bridgehead atoms. The molecule has 0 aliphatic rings. The summed E-state index contributed by atoms with van der Waals surface area (Å²) in [7, 11) is 1.33. The molecule has 0 unspecified atom stereocenters. The zero-order valence-electron chi connectivity index (χ0n) is 27.5. The van der Waals surface area contributed by atoms with Crippen LogP contribution >= 0.6 is 0 Å². The normalized spacial score (nSPS) is 10.3. The molecule has 4 aromatic rings. The van der Waals surface area contributed by atoms with Gasteiger partial charge in [0.2, 0.25) is 11.9 Å². The van der Waals surface area contributed by atoms with Gasteiger partial charge in [-0.3, -0.25) is 10.6 Å². The van der Waals surface area contributed by atoms with Crippen LogP contribution in [0.3, 0.4) is 0 Å². The van der Waals surface area contributed by atoms with E-state index in [4.69, 9.17) is 0 Å². The van der Waals surface area contributed by atoms with Gasteiger partial charge < -0.3 is 31.1 Å².